The van der Waals surface area contributed by atoms with Crippen molar-refractivity contribution in [3.05, 3.63) is 32.4 Å². The summed E-state index contributed by atoms with van der Waals surface area (Å²) in [7, 11) is 0. The lowest BCUT2D eigenvalue weighted by Gasteiger charge is -2.11. The minimum Gasteiger partial charge on any atom is -0.462 e. The summed E-state index contributed by atoms with van der Waals surface area (Å²) in [4.78, 5) is 37.6. The Balaban J connectivity index is 2.35. The van der Waals surface area contributed by atoms with E-state index in [-0.39, 0.29) is 34.7 Å². The van der Waals surface area contributed by atoms with Crippen LogP contribution in [-0.4, -0.2) is 40.3 Å². The number of nitrogens with one attached hydrogen (secondary N) is 1. The summed E-state index contributed by atoms with van der Waals surface area (Å²) in [6.45, 7) is 10.4. The van der Waals surface area contributed by atoms with Crippen LogP contribution in [0.15, 0.2) is 0 Å². The first-order chi connectivity index (χ1) is 13.6. The van der Waals surface area contributed by atoms with Crippen molar-refractivity contribution in [1.29, 1.82) is 0 Å². The summed E-state index contributed by atoms with van der Waals surface area (Å²) < 4.78 is 11.8. The van der Waals surface area contributed by atoms with E-state index in [1.165, 1.54) is 4.68 Å². The molecule has 8 nitrogen and oxygen atoms in total. The topological polar surface area (TPSA) is 99.5 Å². The van der Waals surface area contributed by atoms with Gasteiger partial charge in [0, 0.05) is 0 Å². The lowest BCUT2D eigenvalue weighted by Crippen LogP contribution is -2.21. The van der Waals surface area contributed by atoms with Gasteiger partial charge < -0.3 is 14.8 Å². The van der Waals surface area contributed by atoms with Crippen LogP contribution in [0.1, 0.15) is 57.8 Å². The second-order valence-electron chi connectivity index (χ2n) is 6.63. The highest BCUT2D eigenvalue weighted by molar-refractivity contribution is 7.18. The van der Waals surface area contributed by atoms with Crippen LogP contribution in [0.25, 0.3) is 0 Å². The van der Waals surface area contributed by atoms with E-state index in [4.69, 9.17) is 21.1 Å². The number of halogens is 1. The van der Waals surface area contributed by atoms with Gasteiger partial charge in [-0.15, -0.1) is 11.3 Å². The predicted molar refractivity (Wildman–Crippen MR) is 111 cm³/mol. The van der Waals surface area contributed by atoms with Gasteiger partial charge in [0.2, 0.25) is 5.91 Å². The lowest BCUT2D eigenvalue weighted by molar-refractivity contribution is -0.116. The van der Waals surface area contributed by atoms with Gasteiger partial charge in [-0.3, -0.25) is 9.48 Å². The fraction of sp³-hybridized carbons (Fsp3) is 0.474. The van der Waals surface area contributed by atoms with Gasteiger partial charge in [-0.25, -0.2) is 9.59 Å². The molecule has 2 aromatic rings. The summed E-state index contributed by atoms with van der Waals surface area (Å²) in [6.07, 6.45) is -0.353. The number of nitrogens with zero attached hydrogens (tertiary/aromatic N) is 2. The molecule has 0 aliphatic rings. The number of rotatable bonds is 7. The smallest absolute Gasteiger partial charge is 0.348 e. The normalized spacial score (nSPS) is 10.9. The molecule has 29 heavy (non-hydrogen) atoms. The highest BCUT2D eigenvalue weighted by atomic mass is 35.5. The van der Waals surface area contributed by atoms with Gasteiger partial charge >= 0.3 is 11.9 Å². The molecule has 0 aliphatic carbocycles. The van der Waals surface area contributed by atoms with E-state index < -0.39 is 17.8 Å². The Kier molecular flexibility index (Phi) is 7.43. The van der Waals surface area contributed by atoms with Crippen molar-refractivity contribution in [1.82, 2.24) is 9.78 Å². The zero-order chi connectivity index (χ0) is 21.9. The number of aryl methyl sites for hydroxylation is 1. The molecule has 10 heteroatoms. The summed E-state index contributed by atoms with van der Waals surface area (Å²) in [5.74, 6) is -1.59. The van der Waals surface area contributed by atoms with Gasteiger partial charge in [0.05, 0.1) is 34.7 Å². The molecular weight excluding hydrogens is 418 g/mol. The summed E-state index contributed by atoms with van der Waals surface area (Å²) in [5, 5.41) is 7.65. The summed E-state index contributed by atoms with van der Waals surface area (Å²) in [6, 6.07) is 0. The largest absolute Gasteiger partial charge is 0.462 e. The monoisotopic (exact) mass is 441 g/mol. The Labute approximate surface area is 178 Å². The van der Waals surface area contributed by atoms with E-state index in [9.17, 15) is 14.4 Å². The highest BCUT2D eigenvalue weighted by Crippen LogP contribution is 2.34. The third kappa shape index (κ3) is 5.16. The van der Waals surface area contributed by atoms with Crippen molar-refractivity contribution in [3.8, 4) is 0 Å². The highest BCUT2D eigenvalue weighted by Gasteiger charge is 2.28. The third-order valence-corrected chi connectivity index (χ3v) is 5.73. The van der Waals surface area contributed by atoms with Gasteiger partial charge in [0.15, 0.2) is 0 Å². The molecule has 0 saturated carbocycles. The van der Waals surface area contributed by atoms with E-state index in [1.807, 2.05) is 0 Å². The van der Waals surface area contributed by atoms with Gasteiger partial charge in [-0.1, -0.05) is 11.6 Å². The third-order valence-electron chi connectivity index (χ3n) is 3.99. The maximum atomic E-state index is 12.6. The zero-order valence-electron chi connectivity index (χ0n) is 17.2. The zero-order valence-corrected chi connectivity index (χ0v) is 18.8. The van der Waals surface area contributed by atoms with E-state index >= 15 is 0 Å². The molecule has 158 valence electrons. The molecule has 0 unspecified atom stereocenters. The Morgan fingerprint density at radius 2 is 1.86 bits per heavy atom. The number of anilines is 1. The van der Waals surface area contributed by atoms with Crippen LogP contribution in [0.4, 0.5) is 5.00 Å². The van der Waals surface area contributed by atoms with Crippen LogP contribution in [0, 0.1) is 20.8 Å². The van der Waals surface area contributed by atoms with E-state index in [1.54, 1.807) is 41.5 Å². The van der Waals surface area contributed by atoms with Crippen LogP contribution in [-0.2, 0) is 20.8 Å². The number of thiophene rings is 1. The molecule has 0 saturated heterocycles. The van der Waals surface area contributed by atoms with Crippen molar-refractivity contribution < 1.29 is 23.9 Å². The first kappa shape index (κ1) is 22.9. The molecule has 1 N–H and O–H groups in total. The van der Waals surface area contributed by atoms with Gasteiger partial charge in [-0.05, 0) is 47.1 Å². The molecule has 0 radical (unpaired) electrons. The van der Waals surface area contributed by atoms with Crippen molar-refractivity contribution in [3.63, 3.8) is 0 Å². The van der Waals surface area contributed by atoms with Crippen molar-refractivity contribution in [2.75, 3.05) is 11.9 Å². The van der Waals surface area contributed by atoms with Crippen molar-refractivity contribution >= 4 is 45.8 Å². The maximum absolute atomic E-state index is 12.6. The Morgan fingerprint density at radius 3 is 2.38 bits per heavy atom. The molecule has 0 aliphatic heterocycles. The van der Waals surface area contributed by atoms with Gasteiger partial charge in [-0.2, -0.15) is 5.10 Å². The Morgan fingerprint density at radius 1 is 1.21 bits per heavy atom. The van der Waals surface area contributed by atoms with Crippen LogP contribution in [0.2, 0.25) is 5.02 Å². The molecule has 0 fully saturated rings. The predicted octanol–water partition coefficient (Wildman–Crippen LogP) is 3.90. The molecule has 2 aromatic heterocycles. The fourth-order valence-electron chi connectivity index (χ4n) is 2.64. The van der Waals surface area contributed by atoms with Crippen LogP contribution >= 0.6 is 22.9 Å². The molecule has 0 atom stereocenters. The Hall–Kier alpha value is -2.39. The van der Waals surface area contributed by atoms with Crippen LogP contribution in [0.5, 0.6) is 0 Å². The molecule has 0 bridgehead atoms. The summed E-state index contributed by atoms with van der Waals surface area (Å²) >= 11 is 7.10. The average Bonchev–Trinajstić information content (AvgIpc) is 3.06. The molecule has 2 rings (SSSR count). The number of carbonyl (C=O) groups excluding carboxylic acids is 3. The van der Waals surface area contributed by atoms with Gasteiger partial charge in [0.1, 0.15) is 16.4 Å². The SMILES string of the molecule is CCOC(=O)c1sc(NC(=O)Cn2nc(C)c(Cl)c2C)c(C(=O)OC(C)C)c1C. The molecule has 0 spiro atoms. The molecule has 0 aromatic carbocycles. The minimum atomic E-state index is -0.617. The van der Waals surface area contributed by atoms with Crippen molar-refractivity contribution in [2.24, 2.45) is 0 Å². The van der Waals surface area contributed by atoms with E-state index in [2.05, 4.69) is 10.4 Å². The number of ether oxygens (including phenoxy) is 2. The number of aromatic nitrogens is 2. The van der Waals surface area contributed by atoms with E-state index in [0.29, 0.717) is 22.0 Å². The number of amides is 1. The van der Waals surface area contributed by atoms with E-state index in [0.717, 1.165) is 11.3 Å². The molecule has 2 heterocycles. The van der Waals surface area contributed by atoms with Crippen LogP contribution in [0.3, 0.4) is 0 Å². The minimum absolute atomic E-state index is 0.0935. The van der Waals surface area contributed by atoms with Crippen molar-refractivity contribution in [2.45, 2.75) is 54.2 Å². The molecular formula is C19H24ClN3O5S. The maximum Gasteiger partial charge on any atom is 0.348 e. The molecule has 1 amide bonds. The fourth-order valence-corrected chi connectivity index (χ4v) is 3.88. The number of hydrogen-bond donors (Lipinski definition) is 1. The van der Waals surface area contributed by atoms with Crippen LogP contribution < -0.4 is 5.32 Å². The lowest BCUT2D eigenvalue weighted by atomic mass is 10.1. The average molecular weight is 442 g/mol. The second-order valence-corrected chi connectivity index (χ2v) is 8.02. The number of esters is 2. The second kappa shape index (κ2) is 9.41. The summed E-state index contributed by atoms with van der Waals surface area (Å²) in [5.41, 5.74) is 1.83. The quantitative estimate of drug-likeness (QED) is 0.654. The first-order valence-corrected chi connectivity index (χ1v) is 10.3. The number of hydrogen-bond acceptors (Lipinski definition) is 7. The standard InChI is InChI=1S/C19H24ClN3O5S/c1-7-27-19(26)16-10(4)14(18(25)28-9(2)3)17(29-16)21-13(24)8-23-12(6)15(20)11(5)22-23/h9H,7-8H2,1-6H3,(H,21,24). The Bertz CT molecular complexity index is 948. The number of carbonyl (C=O) groups is 3. The first-order valence-electron chi connectivity index (χ1n) is 9.07. The van der Waals surface area contributed by atoms with Gasteiger partial charge in [0.25, 0.3) is 0 Å².